The van der Waals surface area contributed by atoms with Gasteiger partial charge in [0.15, 0.2) is 0 Å². The molecule has 0 bridgehead atoms. The number of fused-ring (bicyclic) bond motifs is 1. The van der Waals surface area contributed by atoms with Crippen molar-refractivity contribution in [3.63, 3.8) is 0 Å². The van der Waals surface area contributed by atoms with Crippen LogP contribution in [0.3, 0.4) is 0 Å². The number of aromatic nitrogens is 2. The van der Waals surface area contributed by atoms with Gasteiger partial charge in [-0.2, -0.15) is 0 Å². The summed E-state index contributed by atoms with van der Waals surface area (Å²) in [5.41, 5.74) is 5.40. The zero-order chi connectivity index (χ0) is 32.5. The summed E-state index contributed by atoms with van der Waals surface area (Å²) >= 11 is 6.16. The fraction of sp³-hybridized carbons (Fsp3) is 0.289. The SMILES string of the molecule is O=C(O)c1ccc2c(c1)nc(-c1ccc(OCc3cc(N4CCCCC4=O)ccc3-c3ccc(Cl)cc3)cc1F)n2C1CCCCC1. The highest BCUT2D eigenvalue weighted by atomic mass is 35.5. The molecule has 9 heteroatoms. The Labute approximate surface area is 277 Å². The topological polar surface area (TPSA) is 84.7 Å². The molecule has 2 fully saturated rings. The Bertz CT molecular complexity index is 1970. The molecule has 5 aromatic rings. The fourth-order valence-corrected chi connectivity index (χ4v) is 7.04. The van der Waals surface area contributed by atoms with Crippen molar-refractivity contribution in [3.8, 4) is 28.3 Å². The van der Waals surface area contributed by atoms with Gasteiger partial charge in [-0.05, 0) is 97.0 Å². The number of ether oxygens (including phenoxy) is 1. The van der Waals surface area contributed by atoms with Gasteiger partial charge in [0.05, 0.1) is 22.2 Å². The van der Waals surface area contributed by atoms with Crippen LogP contribution in [0.25, 0.3) is 33.5 Å². The molecule has 47 heavy (non-hydrogen) atoms. The molecule has 0 atom stereocenters. The van der Waals surface area contributed by atoms with E-state index in [0.717, 1.165) is 66.4 Å². The predicted molar refractivity (Wildman–Crippen MR) is 182 cm³/mol. The summed E-state index contributed by atoms with van der Waals surface area (Å²) in [6.45, 7) is 0.834. The number of carbonyl (C=O) groups excluding carboxylic acids is 1. The highest BCUT2D eigenvalue weighted by Gasteiger charge is 2.25. The van der Waals surface area contributed by atoms with Gasteiger partial charge in [-0.15, -0.1) is 0 Å². The summed E-state index contributed by atoms with van der Waals surface area (Å²) in [4.78, 5) is 31.0. The monoisotopic (exact) mass is 651 g/mol. The molecule has 1 saturated carbocycles. The second-order valence-corrected chi connectivity index (χ2v) is 12.8. The second kappa shape index (κ2) is 13.2. The van der Waals surface area contributed by atoms with E-state index < -0.39 is 11.8 Å². The molecule has 0 unspecified atom stereocenters. The summed E-state index contributed by atoms with van der Waals surface area (Å²) in [6, 6.07) is 23.4. The van der Waals surface area contributed by atoms with E-state index in [0.29, 0.717) is 40.6 Å². The van der Waals surface area contributed by atoms with Crippen LogP contribution in [0, 0.1) is 5.82 Å². The van der Waals surface area contributed by atoms with E-state index in [2.05, 4.69) is 4.57 Å². The number of rotatable bonds is 8. The third-order valence-electron chi connectivity index (χ3n) is 9.33. The fourth-order valence-electron chi connectivity index (χ4n) is 6.92. The number of imidazole rings is 1. The van der Waals surface area contributed by atoms with Crippen LogP contribution < -0.4 is 9.64 Å². The number of hydrogen-bond acceptors (Lipinski definition) is 4. The highest BCUT2D eigenvalue weighted by molar-refractivity contribution is 6.30. The first-order valence-corrected chi connectivity index (χ1v) is 16.6. The molecule has 7 rings (SSSR count). The Hall–Kier alpha value is -4.69. The maximum Gasteiger partial charge on any atom is 0.335 e. The number of carboxylic acid groups (broad SMARTS) is 1. The third-order valence-corrected chi connectivity index (χ3v) is 9.58. The van der Waals surface area contributed by atoms with Gasteiger partial charge in [-0.3, -0.25) is 4.79 Å². The lowest BCUT2D eigenvalue weighted by Gasteiger charge is -2.27. The number of aromatic carboxylic acids is 1. The summed E-state index contributed by atoms with van der Waals surface area (Å²) in [6.07, 6.45) is 7.63. The van der Waals surface area contributed by atoms with Crippen molar-refractivity contribution in [2.24, 2.45) is 0 Å². The van der Waals surface area contributed by atoms with E-state index in [1.807, 2.05) is 47.4 Å². The first-order valence-electron chi connectivity index (χ1n) is 16.2. The third kappa shape index (κ3) is 6.34. The maximum absolute atomic E-state index is 16.0. The van der Waals surface area contributed by atoms with Crippen LogP contribution in [-0.4, -0.2) is 33.1 Å². The lowest BCUT2D eigenvalue weighted by Crippen LogP contribution is -2.35. The number of piperidine rings is 1. The minimum atomic E-state index is -1.03. The number of carboxylic acids is 1. The molecule has 1 aliphatic carbocycles. The highest BCUT2D eigenvalue weighted by Crippen LogP contribution is 2.38. The largest absolute Gasteiger partial charge is 0.489 e. The Kier molecular flexibility index (Phi) is 8.69. The summed E-state index contributed by atoms with van der Waals surface area (Å²) in [5.74, 6) is -0.540. The van der Waals surface area contributed by atoms with E-state index >= 15 is 4.39 Å². The molecule has 0 radical (unpaired) electrons. The molecular formula is C38H35ClFN3O4. The number of carbonyl (C=O) groups is 2. The number of hydrogen-bond donors (Lipinski definition) is 1. The molecule has 2 aliphatic rings. The van der Waals surface area contributed by atoms with Crippen LogP contribution in [0.1, 0.15) is 73.3 Å². The van der Waals surface area contributed by atoms with Crippen LogP contribution in [0.4, 0.5) is 10.1 Å². The Morgan fingerprint density at radius 2 is 1.70 bits per heavy atom. The number of benzene rings is 4. The molecule has 0 spiro atoms. The Morgan fingerprint density at radius 3 is 2.45 bits per heavy atom. The number of nitrogens with zero attached hydrogens (tertiary/aromatic N) is 3. The average Bonchev–Trinajstić information content (AvgIpc) is 3.47. The first kappa shape index (κ1) is 30.9. The maximum atomic E-state index is 16.0. The Balaban J connectivity index is 1.21. The number of amides is 1. The van der Waals surface area contributed by atoms with Gasteiger partial charge in [0.1, 0.15) is 24.0 Å². The van der Waals surface area contributed by atoms with Crippen LogP contribution in [0.15, 0.2) is 78.9 Å². The van der Waals surface area contributed by atoms with Gasteiger partial charge in [0, 0.05) is 35.8 Å². The van der Waals surface area contributed by atoms with Gasteiger partial charge >= 0.3 is 5.97 Å². The minimum Gasteiger partial charge on any atom is -0.489 e. The van der Waals surface area contributed by atoms with E-state index in [-0.39, 0.29) is 24.1 Å². The van der Waals surface area contributed by atoms with Crippen LogP contribution >= 0.6 is 11.6 Å². The van der Waals surface area contributed by atoms with Crippen molar-refractivity contribution >= 4 is 40.2 Å². The van der Waals surface area contributed by atoms with Crippen LogP contribution in [0.5, 0.6) is 5.75 Å². The minimum absolute atomic E-state index is 0.110. The second-order valence-electron chi connectivity index (χ2n) is 12.4. The number of anilines is 1. The molecule has 4 aromatic carbocycles. The molecular weight excluding hydrogens is 617 g/mol. The lowest BCUT2D eigenvalue weighted by molar-refractivity contribution is -0.119. The van der Waals surface area contributed by atoms with Crippen molar-refractivity contribution in [2.45, 2.75) is 64.0 Å². The summed E-state index contributed by atoms with van der Waals surface area (Å²) in [5, 5.41) is 10.2. The van der Waals surface area contributed by atoms with Crippen molar-refractivity contribution in [1.82, 2.24) is 9.55 Å². The molecule has 240 valence electrons. The van der Waals surface area contributed by atoms with Gasteiger partial charge < -0.3 is 19.3 Å². The summed E-state index contributed by atoms with van der Waals surface area (Å²) in [7, 11) is 0. The smallest absolute Gasteiger partial charge is 0.335 e. The average molecular weight is 652 g/mol. The molecule has 1 aromatic heterocycles. The van der Waals surface area contributed by atoms with Gasteiger partial charge in [0.25, 0.3) is 0 Å². The lowest BCUT2D eigenvalue weighted by atomic mass is 9.94. The van der Waals surface area contributed by atoms with Crippen LogP contribution in [-0.2, 0) is 11.4 Å². The molecule has 1 aliphatic heterocycles. The molecule has 7 nitrogen and oxygen atoms in total. The van der Waals surface area contributed by atoms with E-state index in [1.165, 1.54) is 12.5 Å². The molecule has 1 N–H and O–H groups in total. The van der Waals surface area contributed by atoms with E-state index in [1.54, 1.807) is 30.3 Å². The van der Waals surface area contributed by atoms with E-state index in [9.17, 15) is 14.7 Å². The van der Waals surface area contributed by atoms with Crippen molar-refractivity contribution in [3.05, 3.63) is 101 Å². The predicted octanol–water partition coefficient (Wildman–Crippen LogP) is 9.46. The van der Waals surface area contributed by atoms with Gasteiger partial charge in [-0.1, -0.05) is 49.1 Å². The van der Waals surface area contributed by atoms with Gasteiger partial charge in [-0.25, -0.2) is 14.2 Å². The quantitative estimate of drug-likeness (QED) is 0.181. The van der Waals surface area contributed by atoms with Crippen molar-refractivity contribution < 1.29 is 23.8 Å². The molecule has 1 amide bonds. The zero-order valence-electron chi connectivity index (χ0n) is 25.9. The zero-order valence-corrected chi connectivity index (χ0v) is 26.7. The van der Waals surface area contributed by atoms with Crippen molar-refractivity contribution in [1.29, 1.82) is 0 Å². The number of halogens is 2. The van der Waals surface area contributed by atoms with Crippen molar-refractivity contribution in [2.75, 3.05) is 11.4 Å². The first-order chi connectivity index (χ1) is 22.9. The van der Waals surface area contributed by atoms with E-state index in [4.69, 9.17) is 21.3 Å². The standard InChI is InChI=1S/C38H35ClFN3O4/c39-27-12-9-24(10-13-27)31-16-14-29(42-19-5-4-8-36(42)44)20-26(31)23-47-30-15-17-32(33(40)22-30)37-41-34-21-25(38(45)46)11-18-35(34)43(37)28-6-2-1-3-7-28/h9-18,20-22,28H,1-8,19,23H2,(H,45,46). The van der Waals surface area contributed by atoms with Gasteiger partial charge in [0.2, 0.25) is 5.91 Å². The summed E-state index contributed by atoms with van der Waals surface area (Å²) < 4.78 is 24.3. The normalized spacial score (nSPS) is 15.7. The molecule has 1 saturated heterocycles. The van der Waals surface area contributed by atoms with Crippen LogP contribution in [0.2, 0.25) is 5.02 Å². The Morgan fingerprint density at radius 1 is 0.915 bits per heavy atom. The molecule has 2 heterocycles.